The van der Waals surface area contributed by atoms with Crippen LogP contribution in [-0.4, -0.2) is 33.7 Å². The number of thiazole rings is 1. The van der Waals surface area contributed by atoms with Crippen molar-refractivity contribution in [3.8, 4) is 0 Å². The molecule has 2 heterocycles. The number of hydrogen-bond acceptors (Lipinski definition) is 5. The lowest BCUT2D eigenvalue weighted by Crippen LogP contribution is -2.36. The molecule has 3 rings (SSSR count). The Balaban J connectivity index is 2.00. The Morgan fingerprint density at radius 3 is 2.95 bits per heavy atom. The first kappa shape index (κ1) is 12.9. The predicted molar refractivity (Wildman–Crippen MR) is 77.6 cm³/mol. The monoisotopic (exact) mass is 280 g/mol. The highest BCUT2D eigenvalue weighted by atomic mass is 32.1. The molecule has 3 N–H and O–H groups in total. The molecule has 1 saturated carbocycles. The lowest BCUT2D eigenvalue weighted by atomic mass is 10.2. The molecule has 2 aromatic rings. The van der Waals surface area contributed by atoms with Crippen molar-refractivity contribution in [2.45, 2.75) is 38.3 Å². The van der Waals surface area contributed by atoms with Gasteiger partial charge in [-0.3, -0.25) is 4.40 Å². The number of nitrogens with two attached hydrogens (primary N) is 1. The van der Waals surface area contributed by atoms with Crippen LogP contribution in [0.5, 0.6) is 0 Å². The second kappa shape index (κ2) is 5.48. The average molecular weight is 280 g/mol. The van der Waals surface area contributed by atoms with E-state index in [1.54, 1.807) is 11.3 Å². The molecule has 0 amide bonds. The molecule has 1 aliphatic carbocycles. The largest absolute Gasteiger partial charge is 0.395 e. The number of anilines is 1. The molecule has 0 aromatic carbocycles. The molecular formula is C13H20N4OS. The van der Waals surface area contributed by atoms with Gasteiger partial charge in [-0.15, -0.1) is 11.3 Å². The first-order valence-electron chi connectivity index (χ1n) is 6.87. The van der Waals surface area contributed by atoms with Gasteiger partial charge in [0.25, 0.3) is 0 Å². The predicted octanol–water partition coefficient (Wildman–Crippen LogP) is 1.60. The Labute approximate surface area is 116 Å². The van der Waals surface area contributed by atoms with Crippen molar-refractivity contribution < 1.29 is 5.11 Å². The molecule has 0 radical (unpaired) electrons. The number of nitrogens with zero attached hydrogens (tertiary/aromatic N) is 3. The minimum absolute atomic E-state index is 0.158. The van der Waals surface area contributed by atoms with Crippen molar-refractivity contribution in [3.05, 3.63) is 17.3 Å². The molecule has 19 heavy (non-hydrogen) atoms. The van der Waals surface area contributed by atoms with Gasteiger partial charge >= 0.3 is 0 Å². The van der Waals surface area contributed by atoms with Crippen LogP contribution in [0.1, 0.15) is 31.4 Å². The zero-order chi connectivity index (χ0) is 13.2. The third-order valence-electron chi connectivity index (χ3n) is 3.91. The van der Waals surface area contributed by atoms with E-state index >= 15 is 0 Å². The van der Waals surface area contributed by atoms with Crippen molar-refractivity contribution >= 4 is 22.1 Å². The average Bonchev–Trinajstić information content (AvgIpc) is 3.11. The summed E-state index contributed by atoms with van der Waals surface area (Å²) in [7, 11) is 0. The van der Waals surface area contributed by atoms with Gasteiger partial charge in [-0.2, -0.15) is 0 Å². The first-order valence-corrected chi connectivity index (χ1v) is 7.75. The van der Waals surface area contributed by atoms with Crippen LogP contribution in [0.2, 0.25) is 0 Å². The number of rotatable bonds is 5. The van der Waals surface area contributed by atoms with Crippen LogP contribution in [0.25, 0.3) is 4.96 Å². The molecule has 104 valence electrons. The van der Waals surface area contributed by atoms with Crippen molar-refractivity contribution in [2.24, 2.45) is 5.73 Å². The van der Waals surface area contributed by atoms with Crippen LogP contribution in [0.4, 0.5) is 5.82 Å². The van der Waals surface area contributed by atoms with Crippen molar-refractivity contribution in [1.82, 2.24) is 9.38 Å². The third kappa shape index (κ3) is 2.24. The Kier molecular flexibility index (Phi) is 3.72. The lowest BCUT2D eigenvalue weighted by Gasteiger charge is -2.29. The third-order valence-corrected chi connectivity index (χ3v) is 4.67. The summed E-state index contributed by atoms with van der Waals surface area (Å²) in [5.41, 5.74) is 6.96. The Morgan fingerprint density at radius 2 is 2.26 bits per heavy atom. The van der Waals surface area contributed by atoms with Gasteiger partial charge in [0.2, 0.25) is 0 Å². The standard InChI is InChI=1S/C13H20N4OS/c14-9-11-12(15-13-17(11)6-8-19-13)16(5-7-18)10-3-1-2-4-10/h6,8,10,18H,1-5,7,9,14H2. The van der Waals surface area contributed by atoms with Crippen LogP contribution in [0, 0.1) is 0 Å². The summed E-state index contributed by atoms with van der Waals surface area (Å²) in [5.74, 6) is 0.968. The summed E-state index contributed by atoms with van der Waals surface area (Å²) >= 11 is 1.62. The highest BCUT2D eigenvalue weighted by Crippen LogP contribution is 2.31. The Bertz CT molecular complexity index is 544. The van der Waals surface area contributed by atoms with Crippen LogP contribution >= 0.6 is 11.3 Å². The summed E-state index contributed by atoms with van der Waals surface area (Å²) in [6.45, 7) is 1.27. The first-order chi connectivity index (χ1) is 9.35. The fourth-order valence-corrected chi connectivity index (χ4v) is 3.75. The van der Waals surface area contributed by atoms with Crippen molar-refractivity contribution in [1.29, 1.82) is 0 Å². The van der Waals surface area contributed by atoms with Crippen LogP contribution < -0.4 is 10.6 Å². The number of imidazole rings is 1. The number of fused-ring (bicyclic) bond motifs is 1. The van der Waals surface area contributed by atoms with E-state index in [9.17, 15) is 5.11 Å². The SMILES string of the molecule is NCc1c(N(CCO)C2CCCC2)nc2sccn12. The van der Waals surface area contributed by atoms with Crippen molar-refractivity contribution in [3.63, 3.8) is 0 Å². The molecule has 0 aliphatic heterocycles. The Morgan fingerprint density at radius 1 is 1.47 bits per heavy atom. The maximum atomic E-state index is 9.34. The highest BCUT2D eigenvalue weighted by Gasteiger charge is 2.27. The second-order valence-corrected chi connectivity index (χ2v) is 5.87. The van der Waals surface area contributed by atoms with Gasteiger partial charge in [-0.25, -0.2) is 4.98 Å². The summed E-state index contributed by atoms with van der Waals surface area (Å²) in [4.78, 5) is 7.96. The van der Waals surface area contributed by atoms with E-state index in [0.29, 0.717) is 19.1 Å². The number of aliphatic hydroxyl groups excluding tert-OH is 1. The molecule has 0 bridgehead atoms. The topological polar surface area (TPSA) is 66.8 Å². The fourth-order valence-electron chi connectivity index (χ4n) is 3.03. The zero-order valence-corrected chi connectivity index (χ0v) is 11.8. The molecule has 0 unspecified atom stereocenters. The fraction of sp³-hybridized carbons (Fsp3) is 0.615. The molecule has 0 spiro atoms. The van der Waals surface area contributed by atoms with E-state index in [1.165, 1.54) is 25.7 Å². The van der Waals surface area contributed by atoms with Gasteiger partial charge in [-0.1, -0.05) is 12.8 Å². The minimum atomic E-state index is 0.158. The summed E-state index contributed by atoms with van der Waals surface area (Å²) in [6, 6.07) is 0.502. The molecule has 1 fully saturated rings. The molecule has 0 atom stereocenters. The number of aromatic nitrogens is 2. The quantitative estimate of drug-likeness (QED) is 0.873. The molecule has 5 nitrogen and oxygen atoms in total. The van der Waals surface area contributed by atoms with E-state index in [-0.39, 0.29) is 6.61 Å². The van der Waals surface area contributed by atoms with Crippen LogP contribution in [-0.2, 0) is 6.54 Å². The highest BCUT2D eigenvalue weighted by molar-refractivity contribution is 7.15. The maximum Gasteiger partial charge on any atom is 0.195 e. The summed E-state index contributed by atoms with van der Waals surface area (Å²) in [5, 5.41) is 11.4. The summed E-state index contributed by atoms with van der Waals surface area (Å²) in [6.07, 6.45) is 6.94. The van der Waals surface area contributed by atoms with Gasteiger partial charge in [0.1, 0.15) is 0 Å². The van der Waals surface area contributed by atoms with E-state index in [1.807, 2.05) is 11.6 Å². The van der Waals surface area contributed by atoms with Gasteiger partial charge < -0.3 is 15.7 Å². The second-order valence-electron chi connectivity index (χ2n) is 5.00. The van der Waals surface area contributed by atoms with E-state index < -0.39 is 0 Å². The number of aliphatic hydroxyl groups is 1. The molecule has 6 heteroatoms. The number of hydrogen-bond donors (Lipinski definition) is 2. The summed E-state index contributed by atoms with van der Waals surface area (Å²) < 4.78 is 2.07. The van der Waals surface area contributed by atoms with Gasteiger partial charge in [-0.05, 0) is 12.8 Å². The normalized spacial score (nSPS) is 16.5. The zero-order valence-electron chi connectivity index (χ0n) is 11.0. The molecule has 2 aromatic heterocycles. The van der Waals surface area contributed by atoms with Crippen LogP contribution in [0.15, 0.2) is 11.6 Å². The van der Waals surface area contributed by atoms with Gasteiger partial charge in [0.05, 0.1) is 12.3 Å². The van der Waals surface area contributed by atoms with E-state index in [4.69, 9.17) is 10.7 Å². The molecule has 0 saturated heterocycles. The van der Waals surface area contributed by atoms with Crippen molar-refractivity contribution in [2.75, 3.05) is 18.1 Å². The van der Waals surface area contributed by atoms with Crippen LogP contribution in [0.3, 0.4) is 0 Å². The lowest BCUT2D eigenvalue weighted by molar-refractivity contribution is 0.296. The smallest absolute Gasteiger partial charge is 0.195 e. The Hall–Kier alpha value is -1.11. The minimum Gasteiger partial charge on any atom is -0.395 e. The van der Waals surface area contributed by atoms with E-state index in [0.717, 1.165) is 16.5 Å². The molecule has 1 aliphatic rings. The van der Waals surface area contributed by atoms with Gasteiger partial charge in [0, 0.05) is 30.7 Å². The van der Waals surface area contributed by atoms with E-state index in [2.05, 4.69) is 9.30 Å². The molecular weight excluding hydrogens is 260 g/mol. The maximum absolute atomic E-state index is 9.34. The van der Waals surface area contributed by atoms with Gasteiger partial charge in [0.15, 0.2) is 10.8 Å².